The number of fused-ring (bicyclic) bond motifs is 1. The molecule has 0 radical (unpaired) electrons. The summed E-state index contributed by atoms with van der Waals surface area (Å²) in [5.41, 5.74) is 0.707. The van der Waals surface area contributed by atoms with Crippen LogP contribution in [0.1, 0.15) is 16.6 Å². The predicted octanol–water partition coefficient (Wildman–Crippen LogP) is -1.69. The van der Waals surface area contributed by atoms with Crippen LogP contribution < -0.4 is 10.5 Å². The van der Waals surface area contributed by atoms with Gasteiger partial charge in [-0.05, 0) is 12.1 Å². The SMILES string of the molecule is NS(=O)(=O)OC[C@H]1O[C@@H](n2cnc3c(NC(=O)c4cccnc4)ncnc32)[C@H](O)[C@@H]1O. The molecule has 5 N–H and O–H groups in total. The molecular weight excluding hydrogens is 434 g/mol. The van der Waals surface area contributed by atoms with Crippen molar-refractivity contribution in [2.45, 2.75) is 24.5 Å². The number of aromatic nitrogens is 5. The Morgan fingerprint density at radius 3 is 2.81 bits per heavy atom. The molecule has 1 amide bonds. The van der Waals surface area contributed by atoms with Crippen LogP contribution in [-0.2, 0) is 19.2 Å². The fraction of sp³-hybridized carbons (Fsp3) is 0.312. The number of nitrogens with two attached hydrogens (primary N) is 1. The third kappa shape index (κ3) is 4.36. The lowest BCUT2D eigenvalue weighted by molar-refractivity contribution is -0.0467. The minimum atomic E-state index is -4.26. The van der Waals surface area contributed by atoms with Gasteiger partial charge >= 0.3 is 10.3 Å². The Bertz CT molecular complexity index is 1200. The van der Waals surface area contributed by atoms with E-state index in [4.69, 9.17) is 9.88 Å². The number of nitrogens with one attached hydrogen (secondary N) is 1. The molecule has 0 unspecified atom stereocenters. The van der Waals surface area contributed by atoms with Crippen LogP contribution in [0.15, 0.2) is 37.2 Å². The van der Waals surface area contributed by atoms with Crippen molar-refractivity contribution < 1.29 is 32.3 Å². The Hall–Kier alpha value is -3.08. The van der Waals surface area contributed by atoms with Gasteiger partial charge < -0.3 is 20.3 Å². The molecule has 4 atom stereocenters. The summed E-state index contributed by atoms with van der Waals surface area (Å²) in [5, 5.41) is 27.9. The van der Waals surface area contributed by atoms with E-state index < -0.39 is 47.4 Å². The quantitative estimate of drug-likeness (QED) is 0.333. The summed E-state index contributed by atoms with van der Waals surface area (Å²) in [6.07, 6.45) is 0.129. The number of rotatable bonds is 6. The van der Waals surface area contributed by atoms with E-state index in [1.807, 2.05) is 0 Å². The number of carbonyl (C=O) groups excluding carboxylic acids is 1. The molecule has 1 saturated heterocycles. The second-order valence-corrected chi connectivity index (χ2v) is 7.79. The number of aliphatic hydroxyl groups excluding tert-OH is 2. The van der Waals surface area contributed by atoms with Crippen molar-refractivity contribution in [1.29, 1.82) is 0 Å². The highest BCUT2D eigenvalue weighted by Crippen LogP contribution is 2.32. The third-order valence-corrected chi connectivity index (χ3v) is 4.99. The lowest BCUT2D eigenvalue weighted by Crippen LogP contribution is -2.35. The smallest absolute Gasteiger partial charge is 0.333 e. The summed E-state index contributed by atoms with van der Waals surface area (Å²) in [7, 11) is -4.26. The summed E-state index contributed by atoms with van der Waals surface area (Å²) in [6, 6.07) is 3.19. The van der Waals surface area contributed by atoms with Crippen molar-refractivity contribution in [1.82, 2.24) is 24.5 Å². The van der Waals surface area contributed by atoms with E-state index in [1.54, 1.807) is 12.1 Å². The normalized spacial score (nSPS) is 23.8. The zero-order valence-corrected chi connectivity index (χ0v) is 16.5. The van der Waals surface area contributed by atoms with E-state index in [1.165, 1.54) is 29.6 Å². The van der Waals surface area contributed by atoms with Crippen molar-refractivity contribution in [3.05, 3.63) is 42.7 Å². The van der Waals surface area contributed by atoms with Crippen molar-refractivity contribution in [3.63, 3.8) is 0 Å². The van der Waals surface area contributed by atoms with Crippen molar-refractivity contribution in [2.75, 3.05) is 11.9 Å². The molecule has 1 aliphatic rings. The van der Waals surface area contributed by atoms with E-state index in [0.717, 1.165) is 0 Å². The number of anilines is 1. The van der Waals surface area contributed by atoms with E-state index in [-0.39, 0.29) is 17.0 Å². The average molecular weight is 451 g/mol. The van der Waals surface area contributed by atoms with Gasteiger partial charge in [-0.2, -0.15) is 8.42 Å². The Kier molecular flexibility index (Phi) is 5.61. The van der Waals surface area contributed by atoms with E-state index >= 15 is 0 Å². The van der Waals surface area contributed by atoms with Crippen LogP contribution in [0.2, 0.25) is 0 Å². The van der Waals surface area contributed by atoms with Gasteiger partial charge in [-0.15, -0.1) is 0 Å². The molecule has 0 aliphatic carbocycles. The van der Waals surface area contributed by atoms with Gasteiger partial charge in [-0.25, -0.2) is 20.1 Å². The minimum Gasteiger partial charge on any atom is -0.387 e. The molecule has 1 aliphatic heterocycles. The van der Waals surface area contributed by atoms with E-state index in [2.05, 4.69) is 29.4 Å². The first-order valence-electron chi connectivity index (χ1n) is 8.82. The molecule has 1 fully saturated rings. The maximum absolute atomic E-state index is 12.4. The van der Waals surface area contributed by atoms with Gasteiger partial charge in [-0.3, -0.25) is 18.5 Å². The molecule has 3 aromatic rings. The van der Waals surface area contributed by atoms with Crippen LogP contribution in [-0.4, -0.2) is 74.0 Å². The number of aliphatic hydroxyl groups is 2. The number of ether oxygens (including phenoxy) is 1. The summed E-state index contributed by atoms with van der Waals surface area (Å²) in [5.74, 6) is -0.352. The van der Waals surface area contributed by atoms with Gasteiger partial charge in [0.1, 0.15) is 24.6 Å². The molecular formula is C16H17N7O7S. The number of imidazole rings is 1. The Balaban J connectivity index is 1.58. The van der Waals surface area contributed by atoms with Crippen LogP contribution in [0, 0.1) is 0 Å². The molecule has 0 bridgehead atoms. The number of pyridine rings is 1. The van der Waals surface area contributed by atoms with Gasteiger partial charge in [0.15, 0.2) is 23.2 Å². The second kappa shape index (κ2) is 8.22. The Labute approximate surface area is 174 Å². The van der Waals surface area contributed by atoms with E-state index in [0.29, 0.717) is 5.56 Å². The molecule has 164 valence electrons. The van der Waals surface area contributed by atoms with Gasteiger partial charge in [0.25, 0.3) is 5.91 Å². The minimum absolute atomic E-state index is 0.111. The fourth-order valence-electron chi connectivity index (χ4n) is 3.06. The second-order valence-electron chi connectivity index (χ2n) is 6.57. The number of hydrogen-bond acceptors (Lipinski definition) is 11. The molecule has 4 heterocycles. The average Bonchev–Trinajstić information content (AvgIpc) is 3.29. The predicted molar refractivity (Wildman–Crippen MR) is 102 cm³/mol. The lowest BCUT2D eigenvalue weighted by atomic mass is 10.1. The van der Waals surface area contributed by atoms with Crippen molar-refractivity contribution in [2.24, 2.45) is 5.14 Å². The first kappa shape index (κ1) is 21.2. The van der Waals surface area contributed by atoms with Crippen LogP contribution in [0.3, 0.4) is 0 Å². The molecule has 0 aromatic carbocycles. The largest absolute Gasteiger partial charge is 0.387 e. The van der Waals surface area contributed by atoms with Crippen LogP contribution >= 0.6 is 0 Å². The maximum atomic E-state index is 12.4. The topological polar surface area (TPSA) is 205 Å². The van der Waals surface area contributed by atoms with Crippen molar-refractivity contribution in [3.8, 4) is 0 Å². The first-order valence-corrected chi connectivity index (χ1v) is 10.3. The fourth-order valence-corrected chi connectivity index (χ4v) is 3.39. The number of nitrogens with zero attached hydrogens (tertiary/aromatic N) is 5. The highest BCUT2D eigenvalue weighted by molar-refractivity contribution is 7.84. The molecule has 14 nitrogen and oxygen atoms in total. The van der Waals surface area contributed by atoms with Crippen molar-refractivity contribution >= 4 is 33.2 Å². The summed E-state index contributed by atoms with van der Waals surface area (Å²) < 4.78 is 33.3. The van der Waals surface area contributed by atoms with Crippen LogP contribution in [0.4, 0.5) is 5.82 Å². The molecule has 4 rings (SSSR count). The first-order chi connectivity index (χ1) is 14.7. The number of amides is 1. The summed E-state index contributed by atoms with van der Waals surface area (Å²) in [4.78, 5) is 28.6. The maximum Gasteiger partial charge on any atom is 0.333 e. The highest BCUT2D eigenvalue weighted by Gasteiger charge is 2.45. The standard InChI is InChI=1S/C16H17N7O7S/c17-31(27,28)29-5-9-11(24)12(25)16(30-9)23-7-21-10-13(19-6-20-14(10)23)22-15(26)8-2-1-3-18-4-8/h1-4,6-7,9,11-12,16,24-25H,5H2,(H2,17,27,28)(H,19,20,22,26)/t9-,11-,12-,16-/m1/s1. The molecule has 31 heavy (non-hydrogen) atoms. The molecule has 0 saturated carbocycles. The Morgan fingerprint density at radius 2 is 2.10 bits per heavy atom. The molecule has 3 aromatic heterocycles. The van der Waals surface area contributed by atoms with E-state index in [9.17, 15) is 23.4 Å². The lowest BCUT2D eigenvalue weighted by Gasteiger charge is -2.16. The van der Waals surface area contributed by atoms with Gasteiger partial charge in [0.2, 0.25) is 0 Å². The number of carbonyl (C=O) groups is 1. The summed E-state index contributed by atoms with van der Waals surface area (Å²) >= 11 is 0. The molecule has 15 heteroatoms. The highest BCUT2D eigenvalue weighted by atomic mass is 32.2. The molecule has 0 spiro atoms. The van der Waals surface area contributed by atoms with Gasteiger partial charge in [0, 0.05) is 12.4 Å². The number of hydrogen-bond donors (Lipinski definition) is 4. The third-order valence-electron chi connectivity index (χ3n) is 4.52. The van der Waals surface area contributed by atoms with Crippen LogP contribution in [0.25, 0.3) is 11.2 Å². The zero-order chi connectivity index (χ0) is 22.2. The monoisotopic (exact) mass is 451 g/mol. The van der Waals surface area contributed by atoms with Gasteiger partial charge in [0.05, 0.1) is 18.5 Å². The zero-order valence-electron chi connectivity index (χ0n) is 15.6. The van der Waals surface area contributed by atoms with Gasteiger partial charge in [-0.1, -0.05) is 0 Å². The summed E-state index contributed by atoms with van der Waals surface area (Å²) in [6.45, 7) is -0.596. The van der Waals surface area contributed by atoms with Crippen LogP contribution in [0.5, 0.6) is 0 Å². The Morgan fingerprint density at radius 1 is 1.29 bits per heavy atom.